The molecule has 8 heteroatoms. The lowest BCUT2D eigenvalue weighted by atomic mass is 10.0. The van der Waals surface area contributed by atoms with Gasteiger partial charge < -0.3 is 15.7 Å². The van der Waals surface area contributed by atoms with Crippen molar-refractivity contribution >= 4 is 21.8 Å². The number of rotatable bonds is 6. The van der Waals surface area contributed by atoms with Crippen LogP contribution >= 0.6 is 0 Å². The average Bonchev–Trinajstić information content (AvgIpc) is 2.63. The van der Waals surface area contributed by atoms with Gasteiger partial charge in [0.15, 0.2) is 9.84 Å². The molecule has 0 saturated heterocycles. The zero-order valence-corrected chi connectivity index (χ0v) is 11.4. The van der Waals surface area contributed by atoms with Crippen LogP contribution in [0.2, 0.25) is 0 Å². The number of carbonyl (C=O) groups is 2. The fraction of sp³-hybridized carbons (Fsp3) is 0.636. The van der Waals surface area contributed by atoms with E-state index in [0.717, 1.165) is 5.41 Å². The van der Waals surface area contributed by atoms with Crippen LogP contribution in [-0.4, -0.2) is 43.9 Å². The summed E-state index contributed by atoms with van der Waals surface area (Å²) in [7, 11) is -3.19. The van der Waals surface area contributed by atoms with Crippen molar-refractivity contribution in [2.24, 2.45) is 5.92 Å². The third-order valence-corrected chi connectivity index (χ3v) is 4.23. The van der Waals surface area contributed by atoms with Crippen molar-refractivity contribution in [3.63, 3.8) is 0 Å². The number of nitrogens with one attached hydrogen (secondary N) is 2. The minimum absolute atomic E-state index is 0.00547. The van der Waals surface area contributed by atoms with Crippen LogP contribution in [-0.2, 0) is 14.6 Å². The van der Waals surface area contributed by atoms with Gasteiger partial charge in [0.25, 0.3) is 0 Å². The first kappa shape index (κ1) is 15.5. The van der Waals surface area contributed by atoms with E-state index in [0.29, 0.717) is 6.42 Å². The molecule has 0 spiro atoms. The minimum Gasteiger partial charge on any atom is -0.481 e. The lowest BCUT2D eigenvalue weighted by Crippen LogP contribution is -2.44. The second-order valence-corrected chi connectivity index (χ2v) is 6.42. The third kappa shape index (κ3) is 5.73. The summed E-state index contributed by atoms with van der Waals surface area (Å²) in [6.45, 7) is 2.09. The summed E-state index contributed by atoms with van der Waals surface area (Å²) in [5, 5.41) is 14.8. The standard InChI is InChI=1S/C11H18N2O5S/c1-2-8(5-10(14)15)6-12-11(16)13-9-3-4-19(17,18)7-9/h3-4,8-9H,2,5-7H2,1H3,(H,14,15)(H2,12,13,16). The molecule has 2 atom stereocenters. The molecule has 0 aromatic carbocycles. The highest BCUT2D eigenvalue weighted by molar-refractivity contribution is 7.94. The van der Waals surface area contributed by atoms with Gasteiger partial charge in [0.05, 0.1) is 11.8 Å². The maximum Gasteiger partial charge on any atom is 0.315 e. The van der Waals surface area contributed by atoms with Crippen molar-refractivity contribution in [2.45, 2.75) is 25.8 Å². The summed E-state index contributed by atoms with van der Waals surface area (Å²) in [5.41, 5.74) is 0. The first-order valence-electron chi connectivity index (χ1n) is 5.99. The number of carboxylic acids is 1. The van der Waals surface area contributed by atoms with Crippen molar-refractivity contribution in [1.82, 2.24) is 10.6 Å². The first-order valence-corrected chi connectivity index (χ1v) is 7.71. The van der Waals surface area contributed by atoms with Crippen molar-refractivity contribution in [3.05, 3.63) is 11.5 Å². The number of amides is 2. The smallest absolute Gasteiger partial charge is 0.315 e. The molecule has 0 aliphatic carbocycles. The SMILES string of the molecule is CCC(CNC(=O)NC1C=CS(=O)(=O)C1)CC(=O)O. The summed E-state index contributed by atoms with van der Waals surface area (Å²) < 4.78 is 22.3. The maximum atomic E-state index is 11.5. The average molecular weight is 290 g/mol. The summed E-state index contributed by atoms with van der Waals surface area (Å²) in [6, 6.07) is -1.01. The zero-order chi connectivity index (χ0) is 14.5. The van der Waals surface area contributed by atoms with Crippen LogP contribution in [0.1, 0.15) is 19.8 Å². The highest BCUT2D eigenvalue weighted by atomic mass is 32.2. The largest absolute Gasteiger partial charge is 0.481 e. The number of carboxylic acid groups (broad SMARTS) is 1. The van der Waals surface area contributed by atoms with Gasteiger partial charge in [-0.3, -0.25) is 4.79 Å². The Bertz CT molecular complexity index is 471. The molecular weight excluding hydrogens is 272 g/mol. The molecule has 1 aliphatic rings. The van der Waals surface area contributed by atoms with E-state index in [9.17, 15) is 18.0 Å². The van der Waals surface area contributed by atoms with Crippen molar-refractivity contribution in [1.29, 1.82) is 0 Å². The quantitative estimate of drug-likeness (QED) is 0.642. The molecule has 0 aromatic heterocycles. The molecule has 0 bridgehead atoms. The van der Waals surface area contributed by atoms with E-state index >= 15 is 0 Å². The van der Waals surface area contributed by atoms with Crippen LogP contribution < -0.4 is 10.6 Å². The number of hydrogen-bond acceptors (Lipinski definition) is 4. The van der Waals surface area contributed by atoms with Crippen LogP contribution in [0.5, 0.6) is 0 Å². The van der Waals surface area contributed by atoms with Gasteiger partial charge in [-0.25, -0.2) is 13.2 Å². The minimum atomic E-state index is -3.19. The Labute approximate surface area is 112 Å². The van der Waals surface area contributed by atoms with E-state index in [1.807, 2.05) is 6.92 Å². The molecule has 1 aliphatic heterocycles. The maximum absolute atomic E-state index is 11.5. The van der Waals surface area contributed by atoms with E-state index in [2.05, 4.69) is 10.6 Å². The number of aliphatic carboxylic acids is 1. The Balaban J connectivity index is 2.32. The Hall–Kier alpha value is -1.57. The number of sulfone groups is 1. The lowest BCUT2D eigenvalue weighted by molar-refractivity contribution is -0.138. The van der Waals surface area contributed by atoms with Crippen molar-refractivity contribution in [3.8, 4) is 0 Å². The molecule has 0 saturated carbocycles. The zero-order valence-electron chi connectivity index (χ0n) is 10.6. The topological polar surface area (TPSA) is 113 Å². The molecule has 2 amide bonds. The van der Waals surface area contributed by atoms with Gasteiger partial charge in [-0.2, -0.15) is 0 Å². The molecule has 1 heterocycles. The fourth-order valence-corrected chi connectivity index (χ4v) is 2.97. The molecule has 19 heavy (non-hydrogen) atoms. The molecular formula is C11H18N2O5S. The first-order chi connectivity index (χ1) is 8.82. The Kier molecular flexibility index (Phi) is 5.34. The molecule has 2 unspecified atom stereocenters. The third-order valence-electron chi connectivity index (χ3n) is 2.84. The van der Waals surface area contributed by atoms with E-state index in [1.165, 1.54) is 6.08 Å². The second-order valence-electron chi connectivity index (χ2n) is 4.49. The van der Waals surface area contributed by atoms with Crippen LogP contribution in [0.15, 0.2) is 11.5 Å². The van der Waals surface area contributed by atoms with Gasteiger partial charge in [0.1, 0.15) is 0 Å². The molecule has 7 nitrogen and oxygen atoms in total. The molecule has 3 N–H and O–H groups in total. The fourth-order valence-electron chi connectivity index (χ4n) is 1.73. The van der Waals surface area contributed by atoms with Gasteiger partial charge in [-0.05, 0) is 12.0 Å². The summed E-state index contributed by atoms with van der Waals surface area (Å²) in [5.74, 6) is -1.17. The number of hydrogen-bond donors (Lipinski definition) is 3. The van der Waals surface area contributed by atoms with Crippen LogP contribution in [0, 0.1) is 5.92 Å². The normalized spacial score (nSPS) is 21.8. The Morgan fingerprint density at radius 1 is 1.47 bits per heavy atom. The Morgan fingerprint density at radius 2 is 2.16 bits per heavy atom. The molecule has 0 fully saturated rings. The molecule has 108 valence electrons. The summed E-state index contributed by atoms with van der Waals surface area (Å²) in [6.07, 6.45) is 2.06. The van der Waals surface area contributed by atoms with Gasteiger partial charge in [0.2, 0.25) is 0 Å². The molecule has 1 rings (SSSR count). The predicted octanol–water partition coefficient (Wildman–Crippen LogP) is 0.0972. The van der Waals surface area contributed by atoms with Gasteiger partial charge in [-0.15, -0.1) is 0 Å². The highest BCUT2D eigenvalue weighted by Crippen LogP contribution is 2.08. The van der Waals surface area contributed by atoms with Crippen LogP contribution in [0.3, 0.4) is 0 Å². The van der Waals surface area contributed by atoms with Crippen molar-refractivity contribution < 1.29 is 23.1 Å². The van der Waals surface area contributed by atoms with E-state index < -0.39 is 27.9 Å². The molecule has 0 aromatic rings. The molecule has 0 radical (unpaired) electrons. The second kappa shape index (κ2) is 6.55. The Morgan fingerprint density at radius 3 is 2.63 bits per heavy atom. The number of urea groups is 1. The van der Waals surface area contributed by atoms with E-state index in [1.54, 1.807) is 0 Å². The van der Waals surface area contributed by atoms with Crippen LogP contribution in [0.25, 0.3) is 0 Å². The monoisotopic (exact) mass is 290 g/mol. The van der Waals surface area contributed by atoms with Crippen LogP contribution in [0.4, 0.5) is 4.79 Å². The van der Waals surface area contributed by atoms with E-state index in [-0.39, 0.29) is 24.6 Å². The highest BCUT2D eigenvalue weighted by Gasteiger charge is 2.23. The van der Waals surface area contributed by atoms with Gasteiger partial charge >= 0.3 is 12.0 Å². The van der Waals surface area contributed by atoms with Gasteiger partial charge in [-0.1, -0.05) is 13.3 Å². The predicted molar refractivity (Wildman–Crippen MR) is 69.3 cm³/mol. The summed E-state index contributed by atoms with van der Waals surface area (Å²) >= 11 is 0. The summed E-state index contributed by atoms with van der Waals surface area (Å²) in [4.78, 5) is 22.1. The lowest BCUT2D eigenvalue weighted by Gasteiger charge is -2.15. The van der Waals surface area contributed by atoms with Gasteiger partial charge in [0, 0.05) is 18.4 Å². The van der Waals surface area contributed by atoms with E-state index in [4.69, 9.17) is 5.11 Å². The number of carbonyl (C=O) groups excluding carboxylic acids is 1. The van der Waals surface area contributed by atoms with Crippen molar-refractivity contribution in [2.75, 3.05) is 12.3 Å².